The molecule has 4 aromatic rings. The van der Waals surface area contributed by atoms with E-state index in [1.54, 1.807) is 10.7 Å². The molecule has 0 spiro atoms. The van der Waals surface area contributed by atoms with Gasteiger partial charge in [-0.3, -0.25) is 0 Å². The average Bonchev–Trinajstić information content (AvgIpc) is 3.11. The van der Waals surface area contributed by atoms with Crippen molar-refractivity contribution in [3.63, 3.8) is 0 Å². The summed E-state index contributed by atoms with van der Waals surface area (Å²) in [7, 11) is 0. The molecule has 3 N–H and O–H groups in total. The molecule has 0 saturated carbocycles. The van der Waals surface area contributed by atoms with Crippen LogP contribution < -0.4 is 11.1 Å². The van der Waals surface area contributed by atoms with Crippen molar-refractivity contribution < 1.29 is 0 Å². The van der Waals surface area contributed by atoms with E-state index < -0.39 is 0 Å². The maximum absolute atomic E-state index is 9.44. The van der Waals surface area contributed by atoms with E-state index >= 15 is 0 Å². The number of nitrogens with one attached hydrogen (secondary N) is 1. The Kier molecular flexibility index (Phi) is 4.97. The molecular formula is C20H17ClN8. The molecule has 144 valence electrons. The summed E-state index contributed by atoms with van der Waals surface area (Å²) >= 11 is 6.24. The molecule has 0 aliphatic rings. The Hall–Kier alpha value is -3.70. The van der Waals surface area contributed by atoms with E-state index in [0.29, 0.717) is 23.0 Å². The number of aromatic nitrogens is 5. The molecule has 1 atom stereocenters. The molecule has 9 heteroatoms. The number of nitrogens with two attached hydrogens (primary N) is 1. The third kappa shape index (κ3) is 3.44. The summed E-state index contributed by atoms with van der Waals surface area (Å²) in [6, 6.07) is 13.6. The number of hydrogen-bond donors (Lipinski definition) is 2. The Labute approximate surface area is 172 Å². The van der Waals surface area contributed by atoms with Gasteiger partial charge in [0.25, 0.3) is 0 Å². The molecule has 29 heavy (non-hydrogen) atoms. The Bertz CT molecular complexity index is 1210. The van der Waals surface area contributed by atoms with Crippen LogP contribution in [0.2, 0.25) is 5.15 Å². The molecular weight excluding hydrogens is 388 g/mol. The lowest BCUT2D eigenvalue weighted by atomic mass is 9.98. The second-order valence-corrected chi connectivity index (χ2v) is 6.75. The van der Waals surface area contributed by atoms with Gasteiger partial charge >= 0.3 is 0 Å². The van der Waals surface area contributed by atoms with Crippen molar-refractivity contribution in [3.8, 4) is 17.3 Å². The first kappa shape index (κ1) is 18.7. The highest BCUT2D eigenvalue weighted by Gasteiger charge is 2.21. The Morgan fingerprint density at radius 1 is 1.24 bits per heavy atom. The number of fused-ring (bicyclic) bond motifs is 1. The van der Waals surface area contributed by atoms with E-state index in [2.05, 4.69) is 26.3 Å². The summed E-state index contributed by atoms with van der Waals surface area (Å²) in [6.07, 6.45) is 3.61. The van der Waals surface area contributed by atoms with Gasteiger partial charge in [-0.2, -0.15) is 10.4 Å². The zero-order chi connectivity index (χ0) is 20.4. The highest BCUT2D eigenvalue weighted by molar-refractivity contribution is 6.29. The summed E-state index contributed by atoms with van der Waals surface area (Å²) in [5.41, 5.74) is 9.29. The molecule has 0 saturated heterocycles. The molecule has 0 bridgehead atoms. The van der Waals surface area contributed by atoms with Gasteiger partial charge in [0.15, 0.2) is 10.8 Å². The fourth-order valence-electron chi connectivity index (χ4n) is 3.17. The molecule has 0 fully saturated rings. The summed E-state index contributed by atoms with van der Waals surface area (Å²) in [5, 5.41) is 17.9. The minimum Gasteiger partial charge on any atom is -0.382 e. The molecule has 3 aromatic heterocycles. The van der Waals surface area contributed by atoms with Crippen LogP contribution in [0.5, 0.6) is 0 Å². The Morgan fingerprint density at radius 2 is 2.03 bits per heavy atom. The van der Waals surface area contributed by atoms with Crippen LogP contribution in [-0.4, -0.2) is 24.6 Å². The number of rotatable bonds is 5. The van der Waals surface area contributed by atoms with Crippen LogP contribution in [0.25, 0.3) is 16.9 Å². The predicted octanol–water partition coefficient (Wildman–Crippen LogP) is 3.86. The molecule has 0 radical (unpaired) electrons. The maximum Gasteiger partial charge on any atom is 0.155 e. The van der Waals surface area contributed by atoms with E-state index in [4.69, 9.17) is 22.4 Å². The van der Waals surface area contributed by atoms with Gasteiger partial charge < -0.3 is 11.1 Å². The molecule has 8 nitrogen and oxygen atoms in total. The van der Waals surface area contributed by atoms with Crippen molar-refractivity contribution in [3.05, 3.63) is 65.2 Å². The quantitative estimate of drug-likeness (QED) is 0.518. The van der Waals surface area contributed by atoms with Crippen molar-refractivity contribution in [2.75, 3.05) is 11.1 Å². The van der Waals surface area contributed by atoms with E-state index in [-0.39, 0.29) is 17.4 Å². The van der Waals surface area contributed by atoms with Gasteiger partial charge in [0, 0.05) is 11.1 Å². The number of anilines is 2. The molecule has 0 aliphatic carbocycles. The second kappa shape index (κ2) is 7.73. The molecule has 0 amide bonds. The highest BCUT2D eigenvalue weighted by atomic mass is 35.5. The van der Waals surface area contributed by atoms with Crippen LogP contribution in [0.1, 0.15) is 30.5 Å². The summed E-state index contributed by atoms with van der Waals surface area (Å²) in [4.78, 5) is 12.4. The fraction of sp³-hybridized carbons (Fsp3) is 0.150. The van der Waals surface area contributed by atoms with Crippen LogP contribution in [-0.2, 0) is 0 Å². The number of imidazole rings is 1. The van der Waals surface area contributed by atoms with Crippen LogP contribution >= 0.6 is 11.6 Å². The average molecular weight is 405 g/mol. The number of benzene rings is 1. The van der Waals surface area contributed by atoms with Gasteiger partial charge in [-0.05, 0) is 12.5 Å². The Balaban J connectivity index is 1.87. The molecule has 3 heterocycles. The van der Waals surface area contributed by atoms with Crippen LogP contribution in [0, 0.1) is 11.3 Å². The number of halogens is 1. The monoisotopic (exact) mass is 404 g/mol. The smallest absolute Gasteiger partial charge is 0.155 e. The molecule has 0 aliphatic heterocycles. The van der Waals surface area contributed by atoms with Crippen LogP contribution in [0.3, 0.4) is 0 Å². The first-order chi connectivity index (χ1) is 14.1. The lowest BCUT2D eigenvalue weighted by molar-refractivity contribution is 0.735. The highest BCUT2D eigenvalue weighted by Crippen LogP contribution is 2.32. The fourth-order valence-corrected chi connectivity index (χ4v) is 3.34. The number of nitrogens with zero attached hydrogens (tertiary/aromatic N) is 6. The molecule has 1 unspecified atom stereocenters. The van der Waals surface area contributed by atoms with Crippen LogP contribution in [0.4, 0.5) is 11.6 Å². The molecule has 1 aromatic carbocycles. The molecule has 4 rings (SSSR count). The minimum absolute atomic E-state index is 0.136. The van der Waals surface area contributed by atoms with E-state index in [1.165, 1.54) is 6.33 Å². The van der Waals surface area contributed by atoms with Crippen molar-refractivity contribution in [1.29, 1.82) is 5.26 Å². The van der Waals surface area contributed by atoms with Gasteiger partial charge in [-0.15, -0.1) is 0 Å². The maximum atomic E-state index is 9.44. The predicted molar refractivity (Wildman–Crippen MR) is 111 cm³/mol. The van der Waals surface area contributed by atoms with Gasteiger partial charge in [0.1, 0.15) is 29.6 Å². The normalized spacial score (nSPS) is 11.9. The van der Waals surface area contributed by atoms with Crippen molar-refractivity contribution in [1.82, 2.24) is 24.6 Å². The van der Waals surface area contributed by atoms with E-state index in [0.717, 1.165) is 16.8 Å². The van der Waals surface area contributed by atoms with E-state index in [9.17, 15) is 5.26 Å². The SMILES string of the molecule is CCC(Nc1ncnc(N)c1C#N)c1cc2ncc(Cl)n2nc1-c1ccccc1. The standard InChI is InChI=1S/C20H17ClN8/c1-2-15(27-20-14(9-22)19(23)25-11-26-20)13-8-17-24-10-16(21)29(17)28-18(13)12-6-4-3-5-7-12/h3-8,10-11,15H,2H2,1H3,(H3,23,25,26,27). The first-order valence-corrected chi connectivity index (χ1v) is 9.36. The topological polar surface area (TPSA) is 118 Å². The van der Waals surface area contributed by atoms with Gasteiger partial charge in [-0.25, -0.2) is 19.5 Å². The zero-order valence-corrected chi connectivity index (χ0v) is 16.3. The van der Waals surface area contributed by atoms with E-state index in [1.807, 2.05) is 43.3 Å². The number of hydrogen-bond acceptors (Lipinski definition) is 7. The van der Waals surface area contributed by atoms with Gasteiger partial charge in [0.2, 0.25) is 0 Å². The number of nitriles is 1. The van der Waals surface area contributed by atoms with Crippen molar-refractivity contribution in [2.24, 2.45) is 0 Å². The minimum atomic E-state index is -0.195. The summed E-state index contributed by atoms with van der Waals surface area (Å²) in [5.74, 6) is 0.517. The summed E-state index contributed by atoms with van der Waals surface area (Å²) in [6.45, 7) is 2.03. The van der Waals surface area contributed by atoms with Gasteiger partial charge in [-0.1, -0.05) is 48.9 Å². The van der Waals surface area contributed by atoms with Crippen molar-refractivity contribution >= 4 is 28.9 Å². The van der Waals surface area contributed by atoms with Gasteiger partial charge in [0.05, 0.1) is 17.9 Å². The summed E-state index contributed by atoms with van der Waals surface area (Å²) < 4.78 is 1.60. The zero-order valence-electron chi connectivity index (χ0n) is 15.5. The number of nitrogen functional groups attached to an aromatic ring is 1. The third-order valence-electron chi connectivity index (χ3n) is 4.61. The third-order valence-corrected chi connectivity index (χ3v) is 4.87. The van der Waals surface area contributed by atoms with Crippen LogP contribution in [0.15, 0.2) is 48.9 Å². The lowest BCUT2D eigenvalue weighted by Gasteiger charge is -2.21. The first-order valence-electron chi connectivity index (χ1n) is 8.99. The Morgan fingerprint density at radius 3 is 2.76 bits per heavy atom. The largest absolute Gasteiger partial charge is 0.382 e. The second-order valence-electron chi connectivity index (χ2n) is 6.36. The van der Waals surface area contributed by atoms with Crippen molar-refractivity contribution in [2.45, 2.75) is 19.4 Å². The lowest BCUT2D eigenvalue weighted by Crippen LogP contribution is -2.15.